The molecule has 0 saturated carbocycles. The average Bonchev–Trinajstić information content (AvgIpc) is 2.91. The maximum Gasteiger partial charge on any atom is 0.325 e. The predicted molar refractivity (Wildman–Crippen MR) is 92.9 cm³/mol. The van der Waals surface area contributed by atoms with Crippen molar-refractivity contribution in [2.24, 2.45) is 0 Å². The summed E-state index contributed by atoms with van der Waals surface area (Å²) < 4.78 is 0. The zero-order valence-corrected chi connectivity index (χ0v) is 14.1. The number of hydrogen-bond donors (Lipinski definition) is 2. The zero-order valence-electron chi connectivity index (χ0n) is 14.1. The van der Waals surface area contributed by atoms with Crippen molar-refractivity contribution in [3.8, 4) is 5.75 Å². The van der Waals surface area contributed by atoms with Crippen molar-refractivity contribution < 1.29 is 14.7 Å². The van der Waals surface area contributed by atoms with E-state index >= 15 is 0 Å². The fraction of sp³-hybridized carbons (Fsp3) is 0.316. The number of aryl methyl sites for hydroxylation is 1. The van der Waals surface area contributed by atoms with Gasteiger partial charge in [-0.15, -0.1) is 0 Å². The number of phenolic OH excluding ortho intramolecular Hbond substituents is 1. The number of carbonyl (C=O) groups is 2. The van der Waals surface area contributed by atoms with E-state index in [2.05, 4.69) is 10.3 Å². The van der Waals surface area contributed by atoms with Crippen molar-refractivity contribution in [2.75, 3.05) is 0 Å². The van der Waals surface area contributed by atoms with E-state index in [0.29, 0.717) is 5.56 Å². The number of amides is 3. The van der Waals surface area contributed by atoms with Gasteiger partial charge in [-0.25, -0.2) is 4.79 Å². The minimum absolute atomic E-state index is 0.126. The maximum absolute atomic E-state index is 12.6. The van der Waals surface area contributed by atoms with Crippen molar-refractivity contribution >= 4 is 11.9 Å². The van der Waals surface area contributed by atoms with Crippen molar-refractivity contribution in [1.82, 2.24) is 15.2 Å². The summed E-state index contributed by atoms with van der Waals surface area (Å²) in [7, 11) is 0. The van der Waals surface area contributed by atoms with Crippen LogP contribution in [0.3, 0.4) is 0 Å². The summed E-state index contributed by atoms with van der Waals surface area (Å²) in [6.07, 6.45) is 6.04. The van der Waals surface area contributed by atoms with E-state index in [-0.39, 0.29) is 23.7 Å². The summed E-state index contributed by atoms with van der Waals surface area (Å²) in [6, 6.07) is 9.01. The first kappa shape index (κ1) is 17.0. The highest BCUT2D eigenvalue weighted by atomic mass is 16.3. The number of imide groups is 1. The molecule has 6 heteroatoms. The number of hydrogen-bond acceptors (Lipinski definition) is 4. The topological polar surface area (TPSA) is 82.5 Å². The van der Waals surface area contributed by atoms with Crippen LogP contribution in [0.2, 0.25) is 0 Å². The molecule has 2 heterocycles. The van der Waals surface area contributed by atoms with Crippen LogP contribution in [0, 0.1) is 0 Å². The van der Waals surface area contributed by atoms with Gasteiger partial charge in [-0.05, 0) is 55.5 Å². The predicted octanol–water partition coefficient (Wildman–Crippen LogP) is 2.79. The van der Waals surface area contributed by atoms with Crippen molar-refractivity contribution in [1.29, 1.82) is 0 Å². The lowest BCUT2D eigenvalue weighted by molar-refractivity contribution is -0.129. The first-order valence-electron chi connectivity index (χ1n) is 8.37. The molecule has 2 atom stereocenters. The Bertz CT molecular complexity index is 746. The summed E-state index contributed by atoms with van der Waals surface area (Å²) in [6.45, 7) is 1.89. The molecule has 25 heavy (non-hydrogen) atoms. The summed E-state index contributed by atoms with van der Waals surface area (Å²) in [5, 5.41) is 12.1. The highest BCUT2D eigenvalue weighted by Gasteiger charge is 2.41. The van der Waals surface area contributed by atoms with E-state index in [0.717, 1.165) is 24.8 Å². The molecule has 1 aromatic carbocycles. The van der Waals surface area contributed by atoms with Gasteiger partial charge >= 0.3 is 6.03 Å². The van der Waals surface area contributed by atoms with Crippen LogP contribution in [-0.2, 0) is 11.2 Å². The minimum Gasteiger partial charge on any atom is -0.508 e. The quantitative estimate of drug-likeness (QED) is 0.793. The van der Waals surface area contributed by atoms with Crippen molar-refractivity contribution in [3.63, 3.8) is 0 Å². The number of nitrogens with zero attached hydrogens (tertiary/aromatic N) is 2. The molecule has 1 saturated heterocycles. The van der Waals surface area contributed by atoms with Crippen LogP contribution < -0.4 is 5.32 Å². The number of pyridine rings is 1. The standard InChI is InChI=1S/C19H21N3O3/c1-13(4-2-5-14-6-3-11-20-12-14)22-18(24)17(21-19(22)25)15-7-9-16(23)10-8-15/h3,6-13,17,23H,2,4-5H2,1H3,(H,21,25). The van der Waals surface area contributed by atoms with Gasteiger partial charge in [0.2, 0.25) is 0 Å². The molecular weight excluding hydrogens is 318 g/mol. The molecular formula is C19H21N3O3. The van der Waals surface area contributed by atoms with Crippen LogP contribution in [0.5, 0.6) is 5.75 Å². The maximum atomic E-state index is 12.6. The van der Waals surface area contributed by atoms with Gasteiger partial charge in [0, 0.05) is 18.4 Å². The molecule has 130 valence electrons. The Morgan fingerprint density at radius 1 is 1.24 bits per heavy atom. The second-order valence-electron chi connectivity index (χ2n) is 6.28. The molecule has 1 aliphatic rings. The van der Waals surface area contributed by atoms with Gasteiger partial charge in [0.05, 0.1) is 0 Å². The molecule has 0 radical (unpaired) electrons. The number of urea groups is 1. The van der Waals surface area contributed by atoms with E-state index < -0.39 is 6.04 Å². The smallest absolute Gasteiger partial charge is 0.325 e. The van der Waals surface area contributed by atoms with E-state index in [1.807, 2.05) is 25.3 Å². The van der Waals surface area contributed by atoms with Gasteiger partial charge in [0.25, 0.3) is 5.91 Å². The number of nitrogens with one attached hydrogen (secondary N) is 1. The summed E-state index contributed by atoms with van der Waals surface area (Å²) in [5.41, 5.74) is 1.81. The highest BCUT2D eigenvalue weighted by Crippen LogP contribution is 2.26. The Hall–Kier alpha value is -2.89. The first-order valence-corrected chi connectivity index (χ1v) is 8.37. The fourth-order valence-electron chi connectivity index (χ4n) is 3.08. The van der Waals surface area contributed by atoms with Crippen LogP contribution in [0.4, 0.5) is 4.79 Å². The lowest BCUT2D eigenvalue weighted by Crippen LogP contribution is -2.38. The molecule has 3 amide bonds. The largest absolute Gasteiger partial charge is 0.508 e. The molecule has 3 rings (SSSR count). The molecule has 2 unspecified atom stereocenters. The molecule has 1 aromatic heterocycles. The molecule has 0 bridgehead atoms. The highest BCUT2D eigenvalue weighted by molar-refractivity contribution is 6.04. The third-order valence-corrected chi connectivity index (χ3v) is 4.45. The Morgan fingerprint density at radius 3 is 2.68 bits per heavy atom. The van der Waals surface area contributed by atoms with Crippen LogP contribution >= 0.6 is 0 Å². The first-order chi connectivity index (χ1) is 12.1. The van der Waals surface area contributed by atoms with Crippen LogP contribution in [0.15, 0.2) is 48.8 Å². The number of rotatable bonds is 6. The number of phenols is 1. The van der Waals surface area contributed by atoms with Gasteiger partial charge in [-0.2, -0.15) is 0 Å². The van der Waals surface area contributed by atoms with Crippen molar-refractivity contribution in [3.05, 3.63) is 59.9 Å². The summed E-state index contributed by atoms with van der Waals surface area (Å²) in [4.78, 5) is 30.3. The zero-order chi connectivity index (χ0) is 17.8. The normalized spacial score (nSPS) is 18.3. The fourth-order valence-corrected chi connectivity index (χ4v) is 3.08. The molecule has 0 spiro atoms. The van der Waals surface area contributed by atoms with Gasteiger partial charge < -0.3 is 10.4 Å². The van der Waals surface area contributed by atoms with E-state index in [1.165, 1.54) is 17.0 Å². The lowest BCUT2D eigenvalue weighted by Gasteiger charge is -2.21. The number of benzene rings is 1. The van der Waals surface area contributed by atoms with Gasteiger partial charge in [0.1, 0.15) is 11.8 Å². The molecule has 1 fully saturated rings. The Morgan fingerprint density at radius 2 is 2.00 bits per heavy atom. The van der Waals surface area contributed by atoms with Gasteiger partial charge in [-0.1, -0.05) is 18.2 Å². The van der Waals surface area contributed by atoms with Gasteiger partial charge in [-0.3, -0.25) is 14.7 Å². The number of aromatic hydroxyl groups is 1. The monoisotopic (exact) mass is 339 g/mol. The van der Waals surface area contributed by atoms with Crippen molar-refractivity contribution in [2.45, 2.75) is 38.3 Å². The molecule has 0 aliphatic carbocycles. The third kappa shape index (κ3) is 3.79. The van der Waals surface area contributed by atoms with Crippen LogP contribution in [0.25, 0.3) is 0 Å². The molecule has 6 nitrogen and oxygen atoms in total. The Labute approximate surface area is 146 Å². The SMILES string of the molecule is CC(CCCc1cccnc1)N1C(=O)NC(c2ccc(O)cc2)C1=O. The Balaban J connectivity index is 1.60. The minimum atomic E-state index is -0.686. The number of aromatic nitrogens is 1. The van der Waals surface area contributed by atoms with E-state index in [4.69, 9.17) is 0 Å². The van der Waals surface area contributed by atoms with E-state index in [9.17, 15) is 14.7 Å². The molecule has 2 aromatic rings. The second kappa shape index (κ2) is 7.34. The second-order valence-corrected chi connectivity index (χ2v) is 6.28. The Kier molecular flexibility index (Phi) is 4.97. The molecule has 2 N–H and O–H groups in total. The van der Waals surface area contributed by atoms with Crippen LogP contribution in [0.1, 0.15) is 36.9 Å². The lowest BCUT2D eigenvalue weighted by atomic mass is 10.0. The van der Waals surface area contributed by atoms with Gasteiger partial charge in [0.15, 0.2) is 0 Å². The summed E-state index contributed by atoms with van der Waals surface area (Å²) >= 11 is 0. The summed E-state index contributed by atoms with van der Waals surface area (Å²) in [5.74, 6) is -0.120. The van der Waals surface area contributed by atoms with E-state index in [1.54, 1.807) is 18.3 Å². The average molecular weight is 339 g/mol. The van der Waals surface area contributed by atoms with Crippen LogP contribution in [-0.4, -0.2) is 33.0 Å². The third-order valence-electron chi connectivity index (χ3n) is 4.45. The number of carbonyl (C=O) groups excluding carboxylic acids is 2. The molecule has 1 aliphatic heterocycles.